The summed E-state index contributed by atoms with van der Waals surface area (Å²) in [6.45, 7) is 1.74. The first kappa shape index (κ1) is 13.0. The molecule has 5 heteroatoms. The van der Waals surface area contributed by atoms with Crippen LogP contribution in [0.5, 0.6) is 0 Å². The van der Waals surface area contributed by atoms with Crippen molar-refractivity contribution in [2.24, 2.45) is 0 Å². The number of carboxylic acids is 1. The van der Waals surface area contributed by atoms with Gasteiger partial charge in [-0.2, -0.15) is 0 Å². The van der Waals surface area contributed by atoms with Gasteiger partial charge in [-0.1, -0.05) is 6.07 Å². The lowest BCUT2D eigenvalue weighted by atomic mass is 10.1. The Hall–Kier alpha value is -2.43. The Bertz CT molecular complexity index is 641. The third-order valence-electron chi connectivity index (χ3n) is 2.68. The van der Waals surface area contributed by atoms with Crippen LogP contribution >= 0.6 is 0 Å². The van der Waals surface area contributed by atoms with E-state index in [9.17, 15) is 13.6 Å². The topological polar surface area (TPSA) is 49.3 Å². The maximum Gasteiger partial charge on any atom is 0.335 e. The van der Waals surface area contributed by atoms with Crippen LogP contribution in [0.3, 0.4) is 0 Å². The summed E-state index contributed by atoms with van der Waals surface area (Å²) in [5.41, 5.74) is 1.19. The standard InChI is InChI=1S/C14H11F2NO2/c1-8-2-3-9(14(18)19)6-12(8)17-13-7-10(15)4-5-11(13)16/h2-7,17H,1H3,(H,18,19). The fraction of sp³-hybridized carbons (Fsp3) is 0.0714. The molecule has 3 nitrogen and oxygen atoms in total. The molecular formula is C14H11F2NO2. The second kappa shape index (κ2) is 5.06. The second-order valence-electron chi connectivity index (χ2n) is 4.08. The quantitative estimate of drug-likeness (QED) is 0.887. The number of aryl methyl sites for hydroxylation is 1. The van der Waals surface area contributed by atoms with Crippen molar-refractivity contribution < 1.29 is 18.7 Å². The van der Waals surface area contributed by atoms with Gasteiger partial charge in [-0.25, -0.2) is 13.6 Å². The van der Waals surface area contributed by atoms with Crippen LogP contribution in [0.25, 0.3) is 0 Å². The van der Waals surface area contributed by atoms with Gasteiger partial charge in [-0.3, -0.25) is 0 Å². The first-order valence-electron chi connectivity index (χ1n) is 5.53. The van der Waals surface area contributed by atoms with E-state index >= 15 is 0 Å². The lowest BCUT2D eigenvalue weighted by molar-refractivity contribution is 0.0697. The average molecular weight is 263 g/mol. The normalized spacial score (nSPS) is 10.3. The Morgan fingerprint density at radius 2 is 1.84 bits per heavy atom. The van der Waals surface area contributed by atoms with Gasteiger partial charge in [-0.05, 0) is 36.8 Å². The Labute approximate surface area is 108 Å². The fourth-order valence-corrected chi connectivity index (χ4v) is 1.63. The smallest absolute Gasteiger partial charge is 0.335 e. The van der Waals surface area contributed by atoms with Gasteiger partial charge in [0.25, 0.3) is 0 Å². The van der Waals surface area contributed by atoms with Crippen LogP contribution in [0.4, 0.5) is 20.2 Å². The maximum atomic E-state index is 13.5. The van der Waals surface area contributed by atoms with Gasteiger partial charge in [0.15, 0.2) is 0 Å². The molecule has 2 N–H and O–H groups in total. The zero-order chi connectivity index (χ0) is 14.0. The Morgan fingerprint density at radius 1 is 1.11 bits per heavy atom. The van der Waals surface area contributed by atoms with Gasteiger partial charge < -0.3 is 10.4 Å². The molecule has 2 aromatic carbocycles. The molecule has 0 unspecified atom stereocenters. The van der Waals surface area contributed by atoms with Gasteiger partial charge in [0.2, 0.25) is 0 Å². The van der Waals surface area contributed by atoms with Crippen LogP contribution in [0.2, 0.25) is 0 Å². The molecule has 0 bridgehead atoms. The number of halogens is 2. The van der Waals surface area contributed by atoms with Crippen molar-refractivity contribution in [3.63, 3.8) is 0 Å². The van der Waals surface area contributed by atoms with Crippen LogP contribution in [-0.2, 0) is 0 Å². The fourth-order valence-electron chi connectivity index (χ4n) is 1.63. The van der Waals surface area contributed by atoms with E-state index in [1.54, 1.807) is 13.0 Å². The molecule has 0 radical (unpaired) electrons. The number of hydrogen-bond donors (Lipinski definition) is 2. The van der Waals surface area contributed by atoms with Crippen LogP contribution in [0, 0.1) is 18.6 Å². The number of rotatable bonds is 3. The summed E-state index contributed by atoms with van der Waals surface area (Å²) in [7, 11) is 0. The summed E-state index contributed by atoms with van der Waals surface area (Å²) in [5, 5.41) is 11.6. The first-order valence-corrected chi connectivity index (χ1v) is 5.53. The summed E-state index contributed by atoms with van der Waals surface area (Å²) in [6.07, 6.45) is 0. The largest absolute Gasteiger partial charge is 0.478 e. The highest BCUT2D eigenvalue weighted by atomic mass is 19.1. The average Bonchev–Trinajstić information content (AvgIpc) is 2.36. The monoisotopic (exact) mass is 263 g/mol. The summed E-state index contributed by atoms with van der Waals surface area (Å²) in [6, 6.07) is 7.47. The predicted molar refractivity (Wildman–Crippen MR) is 67.8 cm³/mol. The molecule has 98 valence electrons. The molecule has 19 heavy (non-hydrogen) atoms. The predicted octanol–water partition coefficient (Wildman–Crippen LogP) is 3.72. The van der Waals surface area contributed by atoms with Crippen molar-refractivity contribution in [3.05, 3.63) is 59.2 Å². The number of benzene rings is 2. The minimum absolute atomic E-state index is 0.0364. The first-order chi connectivity index (χ1) is 8.97. The number of aromatic carboxylic acids is 1. The molecular weight excluding hydrogens is 252 g/mol. The molecule has 0 amide bonds. The number of carbonyl (C=O) groups is 1. The van der Waals surface area contributed by atoms with Crippen LogP contribution < -0.4 is 5.32 Å². The molecule has 0 aliphatic rings. The highest BCUT2D eigenvalue weighted by molar-refractivity contribution is 5.89. The van der Waals surface area contributed by atoms with Gasteiger partial charge in [0.05, 0.1) is 11.3 Å². The molecule has 0 aliphatic carbocycles. The molecule has 0 saturated carbocycles. The number of carboxylic acid groups (broad SMARTS) is 1. The van der Waals surface area contributed by atoms with E-state index in [1.165, 1.54) is 12.1 Å². The van der Waals surface area contributed by atoms with E-state index in [0.717, 1.165) is 23.8 Å². The van der Waals surface area contributed by atoms with E-state index in [2.05, 4.69) is 5.32 Å². The molecule has 0 fully saturated rings. The highest BCUT2D eigenvalue weighted by Gasteiger charge is 2.09. The molecule has 2 rings (SSSR count). The van der Waals surface area contributed by atoms with Gasteiger partial charge >= 0.3 is 5.97 Å². The zero-order valence-electron chi connectivity index (χ0n) is 10.1. The minimum Gasteiger partial charge on any atom is -0.478 e. The van der Waals surface area contributed by atoms with Crippen molar-refractivity contribution in [2.75, 3.05) is 5.32 Å². The van der Waals surface area contributed by atoms with Gasteiger partial charge in [0.1, 0.15) is 11.6 Å². The van der Waals surface area contributed by atoms with Crippen molar-refractivity contribution in [1.82, 2.24) is 0 Å². The number of hydrogen-bond acceptors (Lipinski definition) is 2. The number of anilines is 2. The van der Waals surface area contributed by atoms with E-state index in [4.69, 9.17) is 5.11 Å². The third-order valence-corrected chi connectivity index (χ3v) is 2.68. The van der Waals surface area contributed by atoms with Gasteiger partial charge in [0, 0.05) is 11.8 Å². The molecule has 0 aromatic heterocycles. The highest BCUT2D eigenvalue weighted by Crippen LogP contribution is 2.24. The summed E-state index contributed by atoms with van der Waals surface area (Å²) < 4.78 is 26.6. The van der Waals surface area contributed by atoms with Crippen LogP contribution in [0.1, 0.15) is 15.9 Å². The molecule has 0 heterocycles. The van der Waals surface area contributed by atoms with E-state index < -0.39 is 17.6 Å². The SMILES string of the molecule is Cc1ccc(C(=O)O)cc1Nc1cc(F)ccc1F. The van der Waals surface area contributed by atoms with Gasteiger partial charge in [-0.15, -0.1) is 0 Å². The second-order valence-corrected chi connectivity index (χ2v) is 4.08. The maximum absolute atomic E-state index is 13.5. The molecule has 0 saturated heterocycles. The molecule has 0 spiro atoms. The van der Waals surface area contributed by atoms with Crippen LogP contribution in [-0.4, -0.2) is 11.1 Å². The van der Waals surface area contributed by atoms with Crippen molar-refractivity contribution in [3.8, 4) is 0 Å². The van der Waals surface area contributed by atoms with Crippen molar-refractivity contribution in [2.45, 2.75) is 6.92 Å². The Kier molecular flexibility index (Phi) is 3.46. The summed E-state index contributed by atoms with van der Waals surface area (Å²) in [5.74, 6) is -2.26. The van der Waals surface area contributed by atoms with E-state index in [1.807, 2.05) is 0 Å². The Balaban J connectivity index is 2.40. The lowest BCUT2D eigenvalue weighted by Crippen LogP contribution is -2.01. The third kappa shape index (κ3) is 2.88. The van der Waals surface area contributed by atoms with Crippen LogP contribution in [0.15, 0.2) is 36.4 Å². The Morgan fingerprint density at radius 3 is 2.53 bits per heavy atom. The van der Waals surface area contributed by atoms with E-state index in [0.29, 0.717) is 5.69 Å². The lowest BCUT2D eigenvalue weighted by Gasteiger charge is -2.11. The van der Waals surface area contributed by atoms with Crippen molar-refractivity contribution in [1.29, 1.82) is 0 Å². The molecule has 0 atom stereocenters. The number of nitrogens with one attached hydrogen (secondary N) is 1. The molecule has 0 aliphatic heterocycles. The van der Waals surface area contributed by atoms with Crippen molar-refractivity contribution >= 4 is 17.3 Å². The summed E-state index contributed by atoms with van der Waals surface area (Å²) >= 11 is 0. The molecule has 2 aromatic rings. The zero-order valence-corrected chi connectivity index (χ0v) is 10.1. The summed E-state index contributed by atoms with van der Waals surface area (Å²) in [4.78, 5) is 10.9. The minimum atomic E-state index is -1.08. The van der Waals surface area contributed by atoms with E-state index in [-0.39, 0.29) is 11.3 Å².